The fourth-order valence-corrected chi connectivity index (χ4v) is 2.00. The molecule has 24 heavy (non-hydrogen) atoms. The number of hydrogen-bond acceptors (Lipinski definition) is 4. The van der Waals surface area contributed by atoms with E-state index in [0.29, 0.717) is 24.7 Å². The van der Waals surface area contributed by atoms with Crippen LogP contribution in [0.1, 0.15) is 26.2 Å². The largest absolute Gasteiger partial charge is 0.357 e. The van der Waals surface area contributed by atoms with Gasteiger partial charge in [0, 0.05) is 31.6 Å². The second-order valence-electron chi connectivity index (χ2n) is 4.91. The highest BCUT2D eigenvalue weighted by Crippen LogP contribution is 2.16. The third-order valence-electron chi connectivity index (χ3n) is 3.08. The highest BCUT2D eigenvalue weighted by atomic mass is 127. The first-order chi connectivity index (χ1) is 11.2. The molecule has 6 nitrogen and oxygen atoms in total. The zero-order chi connectivity index (χ0) is 16.5. The van der Waals surface area contributed by atoms with Crippen LogP contribution in [0.4, 0.5) is 4.39 Å². The quantitative estimate of drug-likeness (QED) is 0.296. The standard InChI is InChI=1S/C16H22FN5O.HI/c1-3-18-16(19-4-2)20-11-5-6-14-21-15(22-23-14)12-7-9-13(17)10-8-12;/h7-10H,3-6,11H2,1-2H3,(H2,18,19,20);1H. The third-order valence-corrected chi connectivity index (χ3v) is 3.08. The SMILES string of the molecule is CCNC(=NCCCc1nc(-c2ccc(F)cc2)no1)NCC.I. The molecular weight excluding hydrogens is 424 g/mol. The lowest BCUT2D eigenvalue weighted by molar-refractivity contribution is 0.376. The molecule has 2 N–H and O–H groups in total. The van der Waals surface area contributed by atoms with Crippen LogP contribution >= 0.6 is 24.0 Å². The summed E-state index contributed by atoms with van der Waals surface area (Å²) >= 11 is 0. The number of aromatic nitrogens is 2. The van der Waals surface area contributed by atoms with E-state index in [1.807, 2.05) is 13.8 Å². The maximum absolute atomic E-state index is 12.9. The van der Waals surface area contributed by atoms with Crippen LogP contribution in [0.5, 0.6) is 0 Å². The van der Waals surface area contributed by atoms with Gasteiger partial charge in [0.05, 0.1) is 0 Å². The Kier molecular flexibility index (Phi) is 9.28. The minimum atomic E-state index is -0.285. The summed E-state index contributed by atoms with van der Waals surface area (Å²) in [5.74, 6) is 1.57. The van der Waals surface area contributed by atoms with Gasteiger partial charge in [0.25, 0.3) is 0 Å². The number of rotatable bonds is 7. The first-order valence-electron chi connectivity index (χ1n) is 7.83. The molecule has 0 fully saturated rings. The Morgan fingerprint density at radius 2 is 1.83 bits per heavy atom. The summed E-state index contributed by atoms with van der Waals surface area (Å²) in [6, 6.07) is 6.02. The van der Waals surface area contributed by atoms with Crippen molar-refractivity contribution in [2.24, 2.45) is 4.99 Å². The Hall–Kier alpha value is -1.71. The number of aliphatic imine (C=N–C) groups is 1. The molecule has 0 unspecified atom stereocenters. The van der Waals surface area contributed by atoms with E-state index >= 15 is 0 Å². The van der Waals surface area contributed by atoms with Gasteiger partial charge in [0.2, 0.25) is 11.7 Å². The molecule has 0 atom stereocenters. The summed E-state index contributed by atoms with van der Waals surface area (Å²) in [5.41, 5.74) is 0.737. The highest BCUT2D eigenvalue weighted by molar-refractivity contribution is 14.0. The Balaban J connectivity index is 0.00000288. The number of nitrogens with one attached hydrogen (secondary N) is 2. The molecular formula is C16H23FIN5O. The zero-order valence-corrected chi connectivity index (χ0v) is 16.2. The van der Waals surface area contributed by atoms with Crippen molar-refractivity contribution in [3.05, 3.63) is 36.0 Å². The molecule has 1 aromatic heterocycles. The molecule has 0 amide bonds. The molecule has 0 aliphatic carbocycles. The second-order valence-corrected chi connectivity index (χ2v) is 4.91. The van der Waals surface area contributed by atoms with E-state index in [1.165, 1.54) is 12.1 Å². The molecule has 0 bridgehead atoms. The van der Waals surface area contributed by atoms with Gasteiger partial charge in [0.1, 0.15) is 5.82 Å². The lowest BCUT2D eigenvalue weighted by Gasteiger charge is -2.08. The van der Waals surface area contributed by atoms with E-state index in [-0.39, 0.29) is 29.8 Å². The summed E-state index contributed by atoms with van der Waals surface area (Å²) in [5, 5.41) is 10.3. The van der Waals surface area contributed by atoms with Crippen LogP contribution in [-0.2, 0) is 6.42 Å². The van der Waals surface area contributed by atoms with Gasteiger partial charge in [-0.1, -0.05) is 5.16 Å². The Morgan fingerprint density at radius 3 is 2.46 bits per heavy atom. The average molecular weight is 447 g/mol. The topological polar surface area (TPSA) is 75.3 Å². The highest BCUT2D eigenvalue weighted by Gasteiger charge is 2.08. The Morgan fingerprint density at radius 1 is 1.17 bits per heavy atom. The van der Waals surface area contributed by atoms with Crippen LogP contribution in [0.2, 0.25) is 0 Å². The van der Waals surface area contributed by atoms with Crippen LogP contribution in [-0.4, -0.2) is 35.7 Å². The molecule has 0 spiro atoms. The second kappa shape index (κ2) is 11.0. The maximum Gasteiger partial charge on any atom is 0.227 e. The minimum absolute atomic E-state index is 0. The van der Waals surface area contributed by atoms with Crippen LogP contribution in [0, 0.1) is 5.82 Å². The van der Waals surface area contributed by atoms with E-state index in [9.17, 15) is 4.39 Å². The number of guanidine groups is 1. The van der Waals surface area contributed by atoms with Crippen LogP contribution in [0.25, 0.3) is 11.4 Å². The average Bonchev–Trinajstić information content (AvgIpc) is 3.01. The molecule has 0 aliphatic heterocycles. The van der Waals surface area contributed by atoms with Gasteiger partial charge in [-0.2, -0.15) is 4.98 Å². The van der Waals surface area contributed by atoms with Crippen molar-refractivity contribution in [3.63, 3.8) is 0 Å². The lowest BCUT2D eigenvalue weighted by atomic mass is 10.2. The van der Waals surface area contributed by atoms with Crippen molar-refractivity contribution in [2.75, 3.05) is 19.6 Å². The molecule has 132 valence electrons. The first kappa shape index (κ1) is 20.3. The normalized spacial score (nSPS) is 9.96. The number of aryl methyl sites for hydroxylation is 1. The van der Waals surface area contributed by atoms with Gasteiger partial charge < -0.3 is 15.2 Å². The van der Waals surface area contributed by atoms with Crippen molar-refractivity contribution >= 4 is 29.9 Å². The van der Waals surface area contributed by atoms with Gasteiger partial charge in [0.15, 0.2) is 5.96 Å². The van der Waals surface area contributed by atoms with E-state index < -0.39 is 0 Å². The number of halogens is 2. The smallest absolute Gasteiger partial charge is 0.227 e. The van der Waals surface area contributed by atoms with Crippen molar-refractivity contribution in [3.8, 4) is 11.4 Å². The summed E-state index contributed by atoms with van der Waals surface area (Å²) in [7, 11) is 0. The van der Waals surface area contributed by atoms with Gasteiger partial charge in [-0.05, 0) is 44.5 Å². The fraction of sp³-hybridized carbons (Fsp3) is 0.438. The van der Waals surface area contributed by atoms with Gasteiger partial charge in [-0.3, -0.25) is 4.99 Å². The van der Waals surface area contributed by atoms with E-state index in [4.69, 9.17) is 4.52 Å². The number of nitrogens with zero attached hydrogens (tertiary/aromatic N) is 3. The number of hydrogen-bond donors (Lipinski definition) is 2. The Bertz CT molecular complexity index is 622. The van der Waals surface area contributed by atoms with Crippen molar-refractivity contribution < 1.29 is 8.91 Å². The van der Waals surface area contributed by atoms with Gasteiger partial charge >= 0.3 is 0 Å². The Labute approximate surface area is 158 Å². The maximum atomic E-state index is 12.9. The van der Waals surface area contributed by atoms with Gasteiger partial charge in [-0.25, -0.2) is 4.39 Å². The third kappa shape index (κ3) is 6.42. The van der Waals surface area contributed by atoms with E-state index in [1.54, 1.807) is 12.1 Å². The molecule has 1 aromatic carbocycles. The first-order valence-corrected chi connectivity index (χ1v) is 7.83. The van der Waals surface area contributed by atoms with Crippen LogP contribution in [0.3, 0.4) is 0 Å². The molecule has 0 aliphatic rings. The van der Waals surface area contributed by atoms with E-state index in [0.717, 1.165) is 31.0 Å². The zero-order valence-electron chi connectivity index (χ0n) is 13.9. The molecule has 8 heteroatoms. The summed E-state index contributed by atoms with van der Waals surface area (Å²) in [4.78, 5) is 8.78. The fourth-order valence-electron chi connectivity index (χ4n) is 2.00. The molecule has 0 radical (unpaired) electrons. The van der Waals surface area contributed by atoms with Gasteiger partial charge in [-0.15, -0.1) is 24.0 Å². The van der Waals surface area contributed by atoms with Crippen LogP contribution < -0.4 is 10.6 Å². The lowest BCUT2D eigenvalue weighted by Crippen LogP contribution is -2.37. The van der Waals surface area contributed by atoms with Crippen LogP contribution in [0.15, 0.2) is 33.8 Å². The monoisotopic (exact) mass is 447 g/mol. The predicted molar refractivity (Wildman–Crippen MR) is 103 cm³/mol. The molecule has 1 heterocycles. The number of benzene rings is 1. The summed E-state index contributed by atoms with van der Waals surface area (Å²) in [6.07, 6.45) is 1.47. The molecule has 2 aromatic rings. The summed E-state index contributed by atoms with van der Waals surface area (Å²) in [6.45, 7) is 6.39. The molecule has 2 rings (SSSR count). The van der Waals surface area contributed by atoms with Crippen molar-refractivity contribution in [2.45, 2.75) is 26.7 Å². The van der Waals surface area contributed by atoms with Crippen molar-refractivity contribution in [1.29, 1.82) is 0 Å². The van der Waals surface area contributed by atoms with Crippen molar-refractivity contribution in [1.82, 2.24) is 20.8 Å². The predicted octanol–water partition coefficient (Wildman–Crippen LogP) is 3.00. The molecule has 0 saturated carbocycles. The van der Waals surface area contributed by atoms with E-state index in [2.05, 4.69) is 25.8 Å². The summed E-state index contributed by atoms with van der Waals surface area (Å²) < 4.78 is 18.1. The molecule has 0 saturated heterocycles. The minimum Gasteiger partial charge on any atom is -0.357 e.